The van der Waals surface area contributed by atoms with Gasteiger partial charge < -0.3 is 39.3 Å². The number of hydrogen-bond acceptors (Lipinski definition) is 10. The highest BCUT2D eigenvalue weighted by atomic mass is 19.1. The zero-order valence-electron chi connectivity index (χ0n) is 32.2. The first-order valence-corrected chi connectivity index (χ1v) is 19.6. The second-order valence-electron chi connectivity index (χ2n) is 14.1. The number of benzene rings is 2. The molecule has 0 saturated heterocycles. The van der Waals surface area contributed by atoms with E-state index >= 15 is 0 Å². The highest BCUT2D eigenvalue weighted by Crippen LogP contribution is 2.62. The first-order chi connectivity index (χ1) is 26.7. The molecule has 0 unspecified atom stereocenters. The molecule has 55 heavy (non-hydrogen) atoms. The molecule has 0 aromatic heterocycles. The quantitative estimate of drug-likeness (QED) is 0.0765. The van der Waals surface area contributed by atoms with Gasteiger partial charge in [-0.05, 0) is 99.8 Å². The third-order valence-electron chi connectivity index (χ3n) is 10.6. The Morgan fingerprint density at radius 2 is 1.80 bits per heavy atom. The van der Waals surface area contributed by atoms with E-state index in [1.807, 2.05) is 19.9 Å². The first kappa shape index (κ1) is 41.7. The molecule has 1 aliphatic heterocycles. The monoisotopic (exact) mass is 765 g/mol. The molecule has 3 aliphatic rings. The lowest BCUT2D eigenvalue weighted by atomic mass is 9.55. The molecule has 2 amide bonds. The van der Waals surface area contributed by atoms with Gasteiger partial charge in [0.15, 0.2) is 0 Å². The summed E-state index contributed by atoms with van der Waals surface area (Å²) in [5.41, 5.74) is 3.00. The van der Waals surface area contributed by atoms with Crippen molar-refractivity contribution in [3.05, 3.63) is 83.7 Å². The molecule has 13 heteroatoms. The Labute approximate surface area is 323 Å². The zero-order valence-corrected chi connectivity index (χ0v) is 32.2. The number of carbonyl (C=O) groups excluding carboxylic acids is 2. The van der Waals surface area contributed by atoms with Gasteiger partial charge in [-0.3, -0.25) is 4.90 Å². The number of halogens is 1. The van der Waals surface area contributed by atoms with E-state index in [9.17, 15) is 24.2 Å². The van der Waals surface area contributed by atoms with Crippen LogP contribution in [-0.2, 0) is 20.9 Å². The molecule has 12 nitrogen and oxygen atoms in total. The fourth-order valence-corrected chi connectivity index (χ4v) is 8.44. The van der Waals surface area contributed by atoms with E-state index in [1.165, 1.54) is 12.1 Å². The molecule has 1 heterocycles. The number of rotatable bonds is 19. The smallest absolute Gasteiger partial charge is 0.412 e. The number of aliphatic hydroxyl groups is 2. The number of oxime groups is 1. The molecular formula is C42H56FN3O9. The number of nitrogens with one attached hydrogen (secondary N) is 1. The van der Waals surface area contributed by atoms with Crippen LogP contribution in [0.15, 0.2) is 71.9 Å². The van der Waals surface area contributed by atoms with Crippen LogP contribution in [0.1, 0.15) is 82.8 Å². The standard InChI is InChI=1S/C42H56FN3O9/c1-5-23-52-42-37(46(41(50)51-7-3)27-28-15-17-30(43)18-16-28)26-35(45-53-8-4)33-24-29(13-9-11-21-47)32(14-10-12-22-48)38(39(33)42)34-25-31(19-20-36(34)55-42)54-40(49)44-6-2/h5,15-20,24-25,29,32,37-39,47-48H,1,6-14,21-23,26-27H2,2-4H3,(H,44,49)/t29-,32+,37-,38+,39+,42+/m0/s1. The van der Waals surface area contributed by atoms with Crippen molar-refractivity contribution < 1.29 is 48.0 Å². The molecule has 2 aromatic rings. The van der Waals surface area contributed by atoms with Gasteiger partial charge in [-0.1, -0.05) is 42.3 Å². The number of unbranched alkanes of at least 4 members (excludes halogenated alkanes) is 2. The van der Waals surface area contributed by atoms with Crippen LogP contribution in [0.2, 0.25) is 0 Å². The number of allylic oxidation sites excluding steroid dienone is 1. The van der Waals surface area contributed by atoms with Crippen LogP contribution in [0, 0.1) is 23.6 Å². The summed E-state index contributed by atoms with van der Waals surface area (Å²) in [6, 6.07) is 10.4. The summed E-state index contributed by atoms with van der Waals surface area (Å²) < 4.78 is 39.6. The van der Waals surface area contributed by atoms with Crippen molar-refractivity contribution in [3.8, 4) is 11.5 Å². The van der Waals surface area contributed by atoms with E-state index in [-0.39, 0.29) is 57.1 Å². The molecule has 0 spiro atoms. The molecule has 300 valence electrons. The van der Waals surface area contributed by atoms with Gasteiger partial charge in [0.2, 0.25) is 5.79 Å². The molecule has 0 bridgehead atoms. The van der Waals surface area contributed by atoms with Crippen molar-refractivity contribution in [3.63, 3.8) is 0 Å². The SMILES string of the molecule is C=CCO[C@@]12Oc3ccc(OC(=O)NCC)cc3[C@H]3[C@H](CCCCO)[C@@H](CCCCO)C=C(C(=NOCC)C[C@@H]1N(Cc1ccc(F)cc1)C(=O)OCC)[C@H]32. The third-order valence-corrected chi connectivity index (χ3v) is 10.6. The van der Waals surface area contributed by atoms with Crippen molar-refractivity contribution in [1.29, 1.82) is 0 Å². The van der Waals surface area contributed by atoms with Crippen molar-refractivity contribution in [1.82, 2.24) is 10.2 Å². The van der Waals surface area contributed by atoms with Crippen LogP contribution >= 0.6 is 0 Å². The van der Waals surface area contributed by atoms with Crippen molar-refractivity contribution >= 4 is 17.9 Å². The van der Waals surface area contributed by atoms with E-state index in [1.54, 1.807) is 42.2 Å². The van der Waals surface area contributed by atoms with E-state index in [2.05, 4.69) is 23.1 Å². The van der Waals surface area contributed by atoms with E-state index in [4.69, 9.17) is 23.8 Å². The van der Waals surface area contributed by atoms with Crippen molar-refractivity contribution in [2.75, 3.05) is 39.6 Å². The maximum absolute atomic E-state index is 14.2. The Kier molecular flexibility index (Phi) is 15.1. The van der Waals surface area contributed by atoms with Crippen LogP contribution in [0.3, 0.4) is 0 Å². The average Bonchev–Trinajstić information content (AvgIpc) is 3.17. The lowest BCUT2D eigenvalue weighted by Gasteiger charge is -2.59. The maximum atomic E-state index is 14.2. The summed E-state index contributed by atoms with van der Waals surface area (Å²) in [7, 11) is 0. The number of aliphatic hydroxyl groups excluding tert-OH is 2. The van der Waals surface area contributed by atoms with Gasteiger partial charge in [-0.25, -0.2) is 14.0 Å². The lowest BCUT2D eigenvalue weighted by Crippen LogP contribution is -2.70. The average molecular weight is 766 g/mol. The summed E-state index contributed by atoms with van der Waals surface area (Å²) in [5, 5.41) is 27.0. The molecule has 5 rings (SSSR count). The molecule has 0 radical (unpaired) electrons. The number of carbonyl (C=O) groups is 2. The third kappa shape index (κ3) is 9.50. The van der Waals surface area contributed by atoms with Crippen LogP contribution in [0.25, 0.3) is 0 Å². The topological polar surface area (TPSA) is 148 Å². The Hall–Kier alpha value is -4.46. The minimum absolute atomic E-state index is 0.0201. The molecular weight excluding hydrogens is 709 g/mol. The molecule has 3 N–H and O–H groups in total. The Morgan fingerprint density at radius 3 is 2.47 bits per heavy atom. The first-order valence-electron chi connectivity index (χ1n) is 19.6. The van der Waals surface area contributed by atoms with Gasteiger partial charge in [0, 0.05) is 44.2 Å². The minimum atomic E-state index is -1.51. The van der Waals surface area contributed by atoms with E-state index < -0.39 is 35.8 Å². The summed E-state index contributed by atoms with van der Waals surface area (Å²) in [5.74, 6) is -1.92. The van der Waals surface area contributed by atoms with Gasteiger partial charge in [-0.2, -0.15) is 0 Å². The highest BCUT2D eigenvalue weighted by molar-refractivity contribution is 6.03. The predicted molar refractivity (Wildman–Crippen MR) is 205 cm³/mol. The van der Waals surface area contributed by atoms with Gasteiger partial charge >= 0.3 is 12.2 Å². The molecule has 1 fully saturated rings. The zero-order chi connectivity index (χ0) is 39.4. The minimum Gasteiger partial charge on any atom is -0.459 e. The fourth-order valence-electron chi connectivity index (χ4n) is 8.44. The largest absolute Gasteiger partial charge is 0.459 e. The summed E-state index contributed by atoms with van der Waals surface area (Å²) in [6.45, 7) is 10.5. The number of nitrogens with zero attached hydrogens (tertiary/aromatic N) is 2. The molecule has 1 saturated carbocycles. The predicted octanol–water partition coefficient (Wildman–Crippen LogP) is 7.25. The summed E-state index contributed by atoms with van der Waals surface area (Å²) in [4.78, 5) is 34.2. The van der Waals surface area contributed by atoms with E-state index in [0.29, 0.717) is 48.8 Å². The number of hydrogen-bond donors (Lipinski definition) is 3. The molecule has 2 aliphatic carbocycles. The van der Waals surface area contributed by atoms with Gasteiger partial charge in [0.1, 0.15) is 30.0 Å². The lowest BCUT2D eigenvalue weighted by molar-refractivity contribution is -0.256. The maximum Gasteiger partial charge on any atom is 0.412 e. The van der Waals surface area contributed by atoms with Gasteiger partial charge in [0.25, 0.3) is 0 Å². The normalized spacial score (nSPS) is 24.4. The van der Waals surface area contributed by atoms with Crippen LogP contribution < -0.4 is 14.8 Å². The second kappa shape index (κ2) is 19.9. The van der Waals surface area contributed by atoms with E-state index in [0.717, 1.165) is 36.8 Å². The summed E-state index contributed by atoms with van der Waals surface area (Å²) in [6.07, 6.45) is 7.22. The van der Waals surface area contributed by atoms with Gasteiger partial charge in [0.05, 0.1) is 24.8 Å². The molecule has 6 atom stereocenters. The summed E-state index contributed by atoms with van der Waals surface area (Å²) >= 11 is 0. The van der Waals surface area contributed by atoms with Gasteiger partial charge in [-0.15, -0.1) is 6.58 Å². The number of fused-ring (bicyclic) bond motifs is 2. The van der Waals surface area contributed by atoms with Crippen molar-refractivity contribution in [2.24, 2.45) is 22.9 Å². The van der Waals surface area contributed by atoms with Crippen LogP contribution in [0.5, 0.6) is 11.5 Å². The number of amides is 2. The highest BCUT2D eigenvalue weighted by Gasteiger charge is 2.65. The molecule has 2 aromatic carbocycles. The van der Waals surface area contributed by atoms with Crippen LogP contribution in [-0.4, -0.2) is 84.4 Å². The Morgan fingerprint density at radius 1 is 1.05 bits per heavy atom. The number of ether oxygens (including phenoxy) is 4. The second-order valence-corrected chi connectivity index (χ2v) is 14.1. The van der Waals surface area contributed by atoms with Crippen LogP contribution in [0.4, 0.5) is 14.0 Å². The Bertz CT molecular complexity index is 1670. The fraction of sp³-hybridized carbons (Fsp3) is 0.548. The Balaban J connectivity index is 1.79. The van der Waals surface area contributed by atoms with Crippen molar-refractivity contribution in [2.45, 2.75) is 90.0 Å².